The molecular weight excluding hydrogens is 434 g/mol. The van der Waals surface area contributed by atoms with Crippen molar-refractivity contribution in [3.8, 4) is 5.75 Å². The second kappa shape index (κ2) is 6.60. The number of fused-ring (bicyclic) bond motifs is 2. The highest BCUT2D eigenvalue weighted by Crippen LogP contribution is 2.41. The smallest absolute Gasteiger partial charge is 0.295 e. The molecule has 6 heteroatoms. The predicted molar refractivity (Wildman–Crippen MR) is 113 cm³/mol. The molecule has 0 aliphatic carbocycles. The first-order valence-corrected chi connectivity index (χ1v) is 9.77. The molecule has 0 radical (unpaired) electrons. The molecule has 0 saturated carbocycles. The number of benzene rings is 3. The number of amides is 1. The van der Waals surface area contributed by atoms with E-state index in [0.29, 0.717) is 22.2 Å². The molecular formula is C23H14BrNO4. The number of phenols is 1. The van der Waals surface area contributed by atoms with Gasteiger partial charge in [0, 0.05) is 10.2 Å². The van der Waals surface area contributed by atoms with Gasteiger partial charge < -0.3 is 9.52 Å². The van der Waals surface area contributed by atoms with Crippen molar-refractivity contribution in [2.45, 2.75) is 6.04 Å². The van der Waals surface area contributed by atoms with E-state index in [0.717, 1.165) is 4.47 Å². The molecule has 5 nitrogen and oxygen atoms in total. The third-order valence-corrected chi connectivity index (χ3v) is 5.60. The molecule has 0 fully saturated rings. The number of aromatic hydroxyl groups is 1. The van der Waals surface area contributed by atoms with Crippen molar-refractivity contribution in [3.05, 3.63) is 104 Å². The SMILES string of the molecule is O=C1c2oc3ccccc3c(=O)c2[C@@H](c2cccc(O)c2)N1c1ccc(Br)cc1. The standard InChI is InChI=1S/C23H14BrNO4/c24-14-8-10-15(11-9-14)25-20(13-4-3-5-16(26)12-13)19-21(27)17-6-1-2-7-18(17)29-22(19)23(25)28/h1-12,20,26H/t20-/m1/s1. The van der Waals surface area contributed by atoms with Gasteiger partial charge in [-0.3, -0.25) is 14.5 Å². The molecule has 0 bridgehead atoms. The van der Waals surface area contributed by atoms with E-state index in [1.807, 2.05) is 12.1 Å². The van der Waals surface area contributed by atoms with Crippen LogP contribution < -0.4 is 10.3 Å². The zero-order chi connectivity index (χ0) is 20.1. The van der Waals surface area contributed by atoms with E-state index in [9.17, 15) is 14.7 Å². The van der Waals surface area contributed by atoms with E-state index < -0.39 is 11.9 Å². The average Bonchev–Trinajstić information content (AvgIpc) is 3.02. The predicted octanol–water partition coefficient (Wildman–Crippen LogP) is 5.01. The molecule has 0 unspecified atom stereocenters. The van der Waals surface area contributed by atoms with Gasteiger partial charge in [-0.05, 0) is 54.1 Å². The number of hydrogen-bond donors (Lipinski definition) is 1. The van der Waals surface area contributed by atoms with Gasteiger partial charge in [0.05, 0.1) is 17.0 Å². The lowest BCUT2D eigenvalue weighted by Gasteiger charge is -2.25. The van der Waals surface area contributed by atoms with Gasteiger partial charge in [0.2, 0.25) is 5.76 Å². The summed E-state index contributed by atoms with van der Waals surface area (Å²) in [7, 11) is 0. The molecule has 1 aromatic heterocycles. The van der Waals surface area contributed by atoms with E-state index in [1.54, 1.807) is 60.7 Å². The molecule has 142 valence electrons. The van der Waals surface area contributed by atoms with Crippen LogP contribution in [-0.2, 0) is 0 Å². The molecule has 2 heterocycles. The Bertz CT molecular complexity index is 1330. The number of para-hydroxylation sites is 1. The number of carbonyl (C=O) groups is 1. The summed E-state index contributed by atoms with van der Waals surface area (Å²) < 4.78 is 6.77. The molecule has 3 aromatic carbocycles. The molecule has 0 saturated heterocycles. The highest BCUT2D eigenvalue weighted by Gasteiger charge is 2.43. The maximum atomic E-state index is 13.4. The largest absolute Gasteiger partial charge is 0.508 e. The van der Waals surface area contributed by atoms with Crippen molar-refractivity contribution in [3.63, 3.8) is 0 Å². The fourth-order valence-corrected chi connectivity index (χ4v) is 4.06. The van der Waals surface area contributed by atoms with E-state index >= 15 is 0 Å². The Balaban J connectivity index is 1.82. The summed E-state index contributed by atoms with van der Waals surface area (Å²) in [6.07, 6.45) is 0. The number of hydrogen-bond acceptors (Lipinski definition) is 4. The number of phenolic OH excluding ortho intramolecular Hbond substituents is 1. The van der Waals surface area contributed by atoms with Crippen LogP contribution in [0.4, 0.5) is 5.69 Å². The normalized spacial score (nSPS) is 15.7. The van der Waals surface area contributed by atoms with Gasteiger partial charge in [0.1, 0.15) is 11.3 Å². The fourth-order valence-electron chi connectivity index (χ4n) is 3.80. The van der Waals surface area contributed by atoms with Gasteiger partial charge in [-0.25, -0.2) is 0 Å². The van der Waals surface area contributed by atoms with E-state index in [-0.39, 0.29) is 22.5 Å². The first-order valence-electron chi connectivity index (χ1n) is 8.98. The molecule has 0 spiro atoms. The van der Waals surface area contributed by atoms with Crippen molar-refractivity contribution in [1.82, 2.24) is 0 Å². The van der Waals surface area contributed by atoms with Gasteiger partial charge >= 0.3 is 0 Å². The number of carbonyl (C=O) groups excluding carboxylic acids is 1. The zero-order valence-electron chi connectivity index (χ0n) is 15.0. The summed E-state index contributed by atoms with van der Waals surface area (Å²) in [6.45, 7) is 0. The molecule has 5 rings (SSSR count). The van der Waals surface area contributed by atoms with Gasteiger partial charge in [0.25, 0.3) is 5.91 Å². The molecule has 1 amide bonds. The second-order valence-corrected chi connectivity index (χ2v) is 7.73. The summed E-state index contributed by atoms with van der Waals surface area (Å²) in [5.41, 5.74) is 1.66. The maximum absolute atomic E-state index is 13.4. The summed E-state index contributed by atoms with van der Waals surface area (Å²) in [4.78, 5) is 28.3. The minimum Gasteiger partial charge on any atom is -0.508 e. The molecule has 1 aliphatic rings. The Morgan fingerprint density at radius 2 is 1.69 bits per heavy atom. The third kappa shape index (κ3) is 2.76. The second-order valence-electron chi connectivity index (χ2n) is 6.82. The summed E-state index contributed by atoms with van der Waals surface area (Å²) in [6, 6.07) is 20.0. The number of nitrogens with zero attached hydrogens (tertiary/aromatic N) is 1. The lowest BCUT2D eigenvalue weighted by Crippen LogP contribution is -2.29. The lowest BCUT2D eigenvalue weighted by molar-refractivity contribution is 0.0971. The van der Waals surface area contributed by atoms with Crippen LogP contribution in [0.15, 0.2) is 86.5 Å². The van der Waals surface area contributed by atoms with E-state index in [2.05, 4.69) is 15.9 Å². The molecule has 1 aliphatic heterocycles. The van der Waals surface area contributed by atoms with Crippen molar-refractivity contribution < 1.29 is 14.3 Å². The Morgan fingerprint density at radius 3 is 2.45 bits per heavy atom. The van der Waals surface area contributed by atoms with Crippen LogP contribution in [0.25, 0.3) is 11.0 Å². The number of anilines is 1. The quantitative estimate of drug-likeness (QED) is 0.468. The van der Waals surface area contributed by atoms with Gasteiger partial charge in [-0.1, -0.05) is 40.2 Å². The monoisotopic (exact) mass is 447 g/mol. The average molecular weight is 448 g/mol. The third-order valence-electron chi connectivity index (χ3n) is 5.07. The van der Waals surface area contributed by atoms with Gasteiger partial charge in [-0.2, -0.15) is 0 Å². The number of rotatable bonds is 2. The minimum absolute atomic E-state index is 0.0324. The zero-order valence-corrected chi connectivity index (χ0v) is 16.6. The molecule has 4 aromatic rings. The van der Waals surface area contributed by atoms with Crippen molar-refractivity contribution in [2.24, 2.45) is 0 Å². The van der Waals surface area contributed by atoms with Gasteiger partial charge in [0.15, 0.2) is 5.43 Å². The lowest BCUT2D eigenvalue weighted by atomic mass is 9.98. The summed E-state index contributed by atoms with van der Waals surface area (Å²) >= 11 is 3.40. The van der Waals surface area contributed by atoms with Crippen LogP contribution >= 0.6 is 15.9 Å². The van der Waals surface area contributed by atoms with Crippen LogP contribution in [-0.4, -0.2) is 11.0 Å². The first kappa shape index (κ1) is 17.7. The molecule has 1 N–H and O–H groups in total. The Hall–Kier alpha value is -3.38. The Labute approximate surface area is 174 Å². The van der Waals surface area contributed by atoms with Gasteiger partial charge in [-0.15, -0.1) is 0 Å². The highest BCUT2D eigenvalue weighted by molar-refractivity contribution is 9.10. The van der Waals surface area contributed by atoms with Crippen LogP contribution in [0.1, 0.15) is 27.7 Å². The van der Waals surface area contributed by atoms with Crippen LogP contribution in [0.2, 0.25) is 0 Å². The van der Waals surface area contributed by atoms with Crippen LogP contribution in [0.3, 0.4) is 0 Å². The summed E-state index contributed by atoms with van der Waals surface area (Å²) in [5, 5.41) is 10.4. The van der Waals surface area contributed by atoms with Crippen molar-refractivity contribution >= 4 is 38.5 Å². The highest BCUT2D eigenvalue weighted by atomic mass is 79.9. The topological polar surface area (TPSA) is 70.8 Å². The maximum Gasteiger partial charge on any atom is 0.295 e. The van der Waals surface area contributed by atoms with E-state index in [4.69, 9.17) is 4.42 Å². The van der Waals surface area contributed by atoms with Crippen molar-refractivity contribution in [1.29, 1.82) is 0 Å². The fraction of sp³-hybridized carbons (Fsp3) is 0.0435. The Morgan fingerprint density at radius 1 is 0.931 bits per heavy atom. The molecule has 29 heavy (non-hydrogen) atoms. The van der Waals surface area contributed by atoms with Crippen molar-refractivity contribution in [2.75, 3.05) is 4.90 Å². The van der Waals surface area contributed by atoms with E-state index in [1.165, 1.54) is 4.90 Å². The number of halogens is 1. The first-order chi connectivity index (χ1) is 14.0. The van der Waals surface area contributed by atoms with Crippen LogP contribution in [0, 0.1) is 0 Å². The molecule has 1 atom stereocenters. The summed E-state index contributed by atoms with van der Waals surface area (Å²) in [5.74, 6) is -0.298. The van der Waals surface area contributed by atoms with Crippen LogP contribution in [0.5, 0.6) is 5.75 Å². The Kier molecular flexibility index (Phi) is 4.03. The minimum atomic E-state index is -0.702.